The fourth-order valence-corrected chi connectivity index (χ4v) is 2.12. The fraction of sp³-hybridized carbons (Fsp3) is 0.250. The van der Waals surface area contributed by atoms with Crippen LogP contribution in [0.4, 0.5) is 19.0 Å². The number of rotatable bonds is 2. The number of hydrogen-bond acceptors (Lipinski definition) is 1. The van der Waals surface area contributed by atoms with Gasteiger partial charge in [0, 0.05) is 6.07 Å². The lowest BCUT2D eigenvalue weighted by molar-refractivity contribution is -0.663. The third-order valence-corrected chi connectivity index (χ3v) is 3.39. The van der Waals surface area contributed by atoms with E-state index in [0.29, 0.717) is 5.82 Å². The van der Waals surface area contributed by atoms with Crippen molar-refractivity contribution in [1.29, 1.82) is 0 Å². The highest BCUT2D eigenvalue weighted by molar-refractivity contribution is 6.03. The standard InChI is InChI=1S/C16H15F3N2O/c1-10-7-11(2)21(3)14(8-10)20-15(22)12-5-4-6-13(9-12)16(17,18)19/h4-9H,1-3H3/p+1. The van der Waals surface area contributed by atoms with Gasteiger partial charge >= 0.3 is 12.1 Å². The third-order valence-electron chi connectivity index (χ3n) is 3.39. The van der Waals surface area contributed by atoms with Crippen molar-refractivity contribution in [2.45, 2.75) is 20.0 Å². The second-order valence-corrected chi connectivity index (χ2v) is 5.15. The number of nitrogens with zero attached hydrogens (tertiary/aromatic N) is 1. The molecule has 2 rings (SSSR count). The molecule has 6 heteroatoms. The van der Waals surface area contributed by atoms with Crippen LogP contribution >= 0.6 is 0 Å². The molecule has 22 heavy (non-hydrogen) atoms. The van der Waals surface area contributed by atoms with Gasteiger partial charge in [0.15, 0.2) is 0 Å². The molecule has 116 valence electrons. The zero-order chi connectivity index (χ0) is 16.5. The molecule has 0 aliphatic rings. The van der Waals surface area contributed by atoms with Gasteiger partial charge in [0.25, 0.3) is 5.82 Å². The van der Waals surface area contributed by atoms with E-state index >= 15 is 0 Å². The predicted molar refractivity (Wildman–Crippen MR) is 76.5 cm³/mol. The minimum Gasteiger partial charge on any atom is -0.241 e. The van der Waals surface area contributed by atoms with E-state index in [9.17, 15) is 18.0 Å². The summed E-state index contributed by atoms with van der Waals surface area (Å²) >= 11 is 0. The molecule has 0 radical (unpaired) electrons. The molecule has 1 amide bonds. The first-order valence-electron chi connectivity index (χ1n) is 6.64. The van der Waals surface area contributed by atoms with Gasteiger partial charge in [0.2, 0.25) is 0 Å². The molecule has 1 N–H and O–H groups in total. The molecule has 0 aliphatic carbocycles. The molecule has 1 aromatic carbocycles. The summed E-state index contributed by atoms with van der Waals surface area (Å²) < 4.78 is 39.8. The van der Waals surface area contributed by atoms with Crippen LogP contribution in [0.3, 0.4) is 0 Å². The Kier molecular flexibility index (Phi) is 4.21. The Hall–Kier alpha value is -2.37. The lowest BCUT2D eigenvalue weighted by Crippen LogP contribution is -2.37. The van der Waals surface area contributed by atoms with Crippen LogP contribution in [0.15, 0.2) is 36.4 Å². The molecule has 2 aromatic rings. The maximum atomic E-state index is 12.7. The number of aromatic nitrogens is 1. The smallest absolute Gasteiger partial charge is 0.241 e. The van der Waals surface area contributed by atoms with Gasteiger partial charge in [0.05, 0.1) is 18.2 Å². The molecular formula is C16H16F3N2O+. The number of hydrogen-bond donors (Lipinski definition) is 1. The number of amides is 1. The summed E-state index contributed by atoms with van der Waals surface area (Å²) in [5.74, 6) is -0.0494. The van der Waals surface area contributed by atoms with Crippen molar-refractivity contribution in [1.82, 2.24) is 0 Å². The maximum absolute atomic E-state index is 12.7. The largest absolute Gasteiger partial charge is 0.416 e. The summed E-state index contributed by atoms with van der Waals surface area (Å²) in [6, 6.07) is 8.07. The van der Waals surface area contributed by atoms with E-state index in [-0.39, 0.29) is 5.56 Å². The summed E-state index contributed by atoms with van der Waals surface area (Å²) in [5.41, 5.74) is 1.01. The van der Waals surface area contributed by atoms with Gasteiger partial charge in [-0.15, -0.1) is 0 Å². The van der Waals surface area contributed by atoms with Crippen LogP contribution in [0.5, 0.6) is 0 Å². The van der Waals surface area contributed by atoms with Gasteiger partial charge in [-0.1, -0.05) is 6.07 Å². The maximum Gasteiger partial charge on any atom is 0.416 e. The van der Waals surface area contributed by atoms with Crippen molar-refractivity contribution in [2.75, 3.05) is 5.32 Å². The van der Waals surface area contributed by atoms with Gasteiger partial charge < -0.3 is 0 Å². The van der Waals surface area contributed by atoms with Crippen molar-refractivity contribution in [3.8, 4) is 0 Å². The molecule has 0 bridgehead atoms. The predicted octanol–water partition coefficient (Wildman–Crippen LogP) is 3.40. The number of anilines is 1. The van der Waals surface area contributed by atoms with Crippen LogP contribution in [0, 0.1) is 13.8 Å². The Bertz CT molecular complexity index is 724. The lowest BCUT2D eigenvalue weighted by Gasteiger charge is -2.08. The first-order valence-corrected chi connectivity index (χ1v) is 6.64. The molecule has 0 spiro atoms. The zero-order valence-electron chi connectivity index (χ0n) is 12.5. The number of alkyl halides is 3. The van der Waals surface area contributed by atoms with E-state index < -0.39 is 17.6 Å². The number of carbonyl (C=O) groups excluding carboxylic acids is 1. The Morgan fingerprint density at radius 3 is 2.45 bits per heavy atom. The average Bonchev–Trinajstić information content (AvgIpc) is 2.43. The summed E-state index contributed by atoms with van der Waals surface area (Å²) in [4.78, 5) is 12.2. The molecule has 0 saturated carbocycles. The summed E-state index contributed by atoms with van der Waals surface area (Å²) in [6.45, 7) is 3.76. The molecule has 0 atom stereocenters. The van der Waals surface area contributed by atoms with Gasteiger partial charge in [0.1, 0.15) is 5.69 Å². The minimum absolute atomic E-state index is 0.0333. The Morgan fingerprint density at radius 2 is 1.82 bits per heavy atom. The van der Waals surface area contributed by atoms with Crippen molar-refractivity contribution < 1.29 is 22.5 Å². The molecule has 0 unspecified atom stereocenters. The number of aryl methyl sites for hydroxylation is 2. The highest BCUT2D eigenvalue weighted by atomic mass is 19.4. The third kappa shape index (κ3) is 3.44. The molecule has 0 fully saturated rings. The van der Waals surface area contributed by atoms with E-state index in [4.69, 9.17) is 0 Å². The number of halogens is 3. The number of pyridine rings is 1. The van der Waals surface area contributed by atoms with Crippen molar-refractivity contribution in [2.24, 2.45) is 7.05 Å². The highest BCUT2D eigenvalue weighted by Gasteiger charge is 2.31. The lowest BCUT2D eigenvalue weighted by atomic mass is 10.1. The van der Waals surface area contributed by atoms with Crippen LogP contribution in [0.2, 0.25) is 0 Å². The minimum atomic E-state index is -4.47. The highest BCUT2D eigenvalue weighted by Crippen LogP contribution is 2.29. The zero-order valence-corrected chi connectivity index (χ0v) is 12.5. The normalized spacial score (nSPS) is 11.4. The first-order chi connectivity index (χ1) is 10.2. The molecular weight excluding hydrogens is 293 g/mol. The second kappa shape index (κ2) is 5.79. The van der Waals surface area contributed by atoms with Crippen molar-refractivity contribution in [3.05, 3.63) is 58.8 Å². The van der Waals surface area contributed by atoms with E-state index in [2.05, 4.69) is 5.32 Å². The summed E-state index contributed by atoms with van der Waals surface area (Å²) in [5, 5.41) is 2.64. The SMILES string of the molecule is Cc1cc(C)[n+](C)c(NC(=O)c2cccc(C(F)(F)F)c2)c1. The average molecular weight is 309 g/mol. The van der Waals surface area contributed by atoms with Crippen LogP contribution in [0.25, 0.3) is 0 Å². The quantitative estimate of drug-likeness (QED) is 0.847. The monoisotopic (exact) mass is 309 g/mol. The van der Waals surface area contributed by atoms with Crippen LogP contribution in [0.1, 0.15) is 27.2 Å². The molecule has 3 nitrogen and oxygen atoms in total. The Balaban J connectivity index is 2.31. The fourth-order valence-electron chi connectivity index (χ4n) is 2.12. The van der Waals surface area contributed by atoms with Crippen LogP contribution in [-0.2, 0) is 13.2 Å². The van der Waals surface area contributed by atoms with Gasteiger partial charge in [-0.25, -0.2) is 14.7 Å². The van der Waals surface area contributed by atoms with Crippen molar-refractivity contribution >= 4 is 11.7 Å². The number of nitrogens with one attached hydrogen (secondary N) is 1. The summed E-state index contributed by atoms with van der Waals surface area (Å²) in [6.07, 6.45) is -4.47. The van der Waals surface area contributed by atoms with Crippen LogP contribution < -0.4 is 9.88 Å². The van der Waals surface area contributed by atoms with E-state index in [1.54, 1.807) is 17.7 Å². The first kappa shape index (κ1) is 16.0. The van der Waals surface area contributed by atoms with Gasteiger partial charge in [-0.2, -0.15) is 13.2 Å². The topological polar surface area (TPSA) is 33.0 Å². The van der Waals surface area contributed by atoms with E-state index in [1.807, 2.05) is 19.9 Å². The second-order valence-electron chi connectivity index (χ2n) is 5.15. The molecule has 1 aromatic heterocycles. The van der Waals surface area contributed by atoms with Gasteiger partial charge in [-0.3, -0.25) is 0 Å². The molecule has 1 heterocycles. The number of benzene rings is 1. The Morgan fingerprint density at radius 1 is 1.14 bits per heavy atom. The van der Waals surface area contributed by atoms with E-state index in [1.165, 1.54) is 12.1 Å². The summed E-state index contributed by atoms with van der Waals surface area (Å²) in [7, 11) is 1.77. The van der Waals surface area contributed by atoms with E-state index in [0.717, 1.165) is 23.4 Å². The van der Waals surface area contributed by atoms with Gasteiger partial charge in [-0.05, 0) is 43.7 Å². The Labute approximate surface area is 126 Å². The number of carbonyl (C=O) groups is 1. The molecule has 0 saturated heterocycles. The van der Waals surface area contributed by atoms with Crippen LogP contribution in [-0.4, -0.2) is 5.91 Å². The van der Waals surface area contributed by atoms with Crippen molar-refractivity contribution in [3.63, 3.8) is 0 Å². The molecule has 0 aliphatic heterocycles.